The van der Waals surface area contributed by atoms with Crippen LogP contribution in [-0.2, 0) is 16.1 Å². The molecular formula is C23H29FN2O3. The van der Waals surface area contributed by atoms with Crippen LogP contribution in [0, 0.1) is 12.7 Å². The van der Waals surface area contributed by atoms with Gasteiger partial charge in [-0.1, -0.05) is 48.9 Å². The lowest BCUT2D eigenvalue weighted by Crippen LogP contribution is -2.50. The molecule has 0 fully saturated rings. The summed E-state index contributed by atoms with van der Waals surface area (Å²) >= 11 is 0. The monoisotopic (exact) mass is 400 g/mol. The highest BCUT2D eigenvalue weighted by molar-refractivity contribution is 5.88. The molecule has 0 aliphatic carbocycles. The van der Waals surface area contributed by atoms with Crippen LogP contribution in [-0.4, -0.2) is 35.4 Å². The Morgan fingerprint density at radius 3 is 2.38 bits per heavy atom. The standard InChI is InChI=1S/C23H29FN2O3/c1-5-17(3)25-23(28)18(4)26(14-19-12-10-16(2)11-13-19)22(27)15-29-21-9-7-6-8-20(21)24/h6-13,17-18H,5,14-15H2,1-4H3,(H,25,28)/t17-,18-/m0/s1. The minimum Gasteiger partial charge on any atom is -0.481 e. The molecule has 0 radical (unpaired) electrons. The van der Waals surface area contributed by atoms with E-state index in [0.29, 0.717) is 0 Å². The topological polar surface area (TPSA) is 58.6 Å². The van der Waals surface area contributed by atoms with Crippen LogP contribution >= 0.6 is 0 Å². The normalized spacial score (nSPS) is 12.7. The van der Waals surface area contributed by atoms with Crippen LogP contribution in [0.3, 0.4) is 0 Å². The van der Waals surface area contributed by atoms with Gasteiger partial charge in [0, 0.05) is 12.6 Å². The van der Waals surface area contributed by atoms with Gasteiger partial charge < -0.3 is 15.0 Å². The van der Waals surface area contributed by atoms with Crippen LogP contribution in [0.15, 0.2) is 48.5 Å². The van der Waals surface area contributed by atoms with Gasteiger partial charge in [-0.2, -0.15) is 0 Å². The van der Waals surface area contributed by atoms with E-state index in [9.17, 15) is 14.0 Å². The van der Waals surface area contributed by atoms with Crippen LogP contribution in [0.1, 0.15) is 38.3 Å². The van der Waals surface area contributed by atoms with E-state index in [1.54, 1.807) is 19.1 Å². The number of halogens is 1. The molecule has 156 valence electrons. The third-order valence-corrected chi connectivity index (χ3v) is 4.83. The third-order valence-electron chi connectivity index (χ3n) is 4.83. The molecule has 0 spiro atoms. The van der Waals surface area contributed by atoms with E-state index in [-0.39, 0.29) is 36.8 Å². The molecule has 5 nitrogen and oxygen atoms in total. The summed E-state index contributed by atoms with van der Waals surface area (Å²) in [6.45, 7) is 7.47. The highest BCUT2D eigenvalue weighted by Crippen LogP contribution is 2.16. The number of aryl methyl sites for hydroxylation is 1. The highest BCUT2D eigenvalue weighted by atomic mass is 19.1. The molecule has 2 atom stereocenters. The van der Waals surface area contributed by atoms with E-state index in [0.717, 1.165) is 17.5 Å². The lowest BCUT2D eigenvalue weighted by Gasteiger charge is -2.29. The first-order chi connectivity index (χ1) is 13.8. The fourth-order valence-corrected chi connectivity index (χ4v) is 2.72. The summed E-state index contributed by atoms with van der Waals surface area (Å²) in [5.74, 6) is -1.15. The first-order valence-corrected chi connectivity index (χ1v) is 9.84. The predicted molar refractivity (Wildman–Crippen MR) is 111 cm³/mol. The number of nitrogens with zero attached hydrogens (tertiary/aromatic N) is 1. The van der Waals surface area contributed by atoms with Crippen molar-refractivity contribution >= 4 is 11.8 Å². The summed E-state index contributed by atoms with van der Waals surface area (Å²) in [5.41, 5.74) is 2.01. The number of carbonyl (C=O) groups excluding carboxylic acids is 2. The van der Waals surface area contributed by atoms with Gasteiger partial charge in [0.25, 0.3) is 5.91 Å². The molecule has 1 N–H and O–H groups in total. The van der Waals surface area contributed by atoms with Gasteiger partial charge in [-0.15, -0.1) is 0 Å². The maximum atomic E-state index is 13.8. The van der Waals surface area contributed by atoms with Crippen molar-refractivity contribution < 1.29 is 18.7 Å². The van der Waals surface area contributed by atoms with Gasteiger partial charge in [0.15, 0.2) is 18.2 Å². The van der Waals surface area contributed by atoms with E-state index >= 15 is 0 Å². The summed E-state index contributed by atoms with van der Waals surface area (Å²) in [6, 6.07) is 13.0. The number of rotatable bonds is 9. The number of para-hydroxylation sites is 1. The third kappa shape index (κ3) is 6.59. The molecule has 0 saturated heterocycles. The van der Waals surface area contributed by atoms with E-state index in [4.69, 9.17) is 4.74 Å². The Kier molecular flexibility index (Phi) is 8.19. The number of benzene rings is 2. The van der Waals surface area contributed by atoms with Crippen molar-refractivity contribution in [1.29, 1.82) is 0 Å². The lowest BCUT2D eigenvalue weighted by atomic mass is 10.1. The molecular weight excluding hydrogens is 371 g/mol. The van der Waals surface area contributed by atoms with Crippen molar-refractivity contribution in [1.82, 2.24) is 10.2 Å². The molecule has 2 aromatic carbocycles. The smallest absolute Gasteiger partial charge is 0.261 e. The van der Waals surface area contributed by atoms with Crippen LogP contribution < -0.4 is 10.1 Å². The fraction of sp³-hybridized carbons (Fsp3) is 0.391. The summed E-state index contributed by atoms with van der Waals surface area (Å²) in [6.07, 6.45) is 0.792. The van der Waals surface area contributed by atoms with Crippen LogP contribution in [0.4, 0.5) is 4.39 Å². The summed E-state index contributed by atoms with van der Waals surface area (Å²) < 4.78 is 19.2. The molecule has 29 heavy (non-hydrogen) atoms. The van der Waals surface area contributed by atoms with Gasteiger partial charge in [-0.3, -0.25) is 9.59 Å². The Morgan fingerprint density at radius 1 is 1.10 bits per heavy atom. The highest BCUT2D eigenvalue weighted by Gasteiger charge is 2.27. The van der Waals surface area contributed by atoms with Gasteiger partial charge >= 0.3 is 0 Å². The first kappa shape index (κ1) is 22.4. The lowest BCUT2D eigenvalue weighted by molar-refractivity contribution is -0.142. The van der Waals surface area contributed by atoms with Crippen molar-refractivity contribution in [3.8, 4) is 5.75 Å². The average molecular weight is 400 g/mol. The van der Waals surface area contributed by atoms with Crippen molar-refractivity contribution in [3.05, 3.63) is 65.5 Å². The molecule has 0 unspecified atom stereocenters. The number of amides is 2. The Morgan fingerprint density at radius 2 is 1.76 bits per heavy atom. The molecule has 2 aromatic rings. The molecule has 2 rings (SSSR count). The summed E-state index contributed by atoms with van der Waals surface area (Å²) in [5, 5.41) is 2.91. The second kappa shape index (κ2) is 10.6. The molecule has 2 amide bonds. The molecule has 0 aromatic heterocycles. The molecule has 0 saturated carbocycles. The SMILES string of the molecule is CC[C@H](C)NC(=O)[C@H](C)N(Cc1ccc(C)cc1)C(=O)COc1ccccc1F. The van der Waals surface area contributed by atoms with Gasteiger partial charge in [0.2, 0.25) is 5.91 Å². The maximum absolute atomic E-state index is 13.8. The molecule has 0 heterocycles. The minimum atomic E-state index is -0.693. The van der Waals surface area contributed by atoms with E-state index in [2.05, 4.69) is 5.32 Å². The molecule has 0 aliphatic heterocycles. The van der Waals surface area contributed by atoms with Gasteiger partial charge in [-0.25, -0.2) is 4.39 Å². The number of hydrogen-bond donors (Lipinski definition) is 1. The quantitative estimate of drug-likeness (QED) is 0.696. The fourth-order valence-electron chi connectivity index (χ4n) is 2.72. The van der Waals surface area contributed by atoms with Crippen LogP contribution in [0.25, 0.3) is 0 Å². The second-order valence-electron chi connectivity index (χ2n) is 7.22. The molecule has 0 aliphatic rings. The number of hydrogen-bond acceptors (Lipinski definition) is 3. The van der Waals surface area contributed by atoms with Crippen molar-refractivity contribution in [3.63, 3.8) is 0 Å². The number of ether oxygens (including phenoxy) is 1. The minimum absolute atomic E-state index is 0.00726. The first-order valence-electron chi connectivity index (χ1n) is 9.84. The Hall–Kier alpha value is -2.89. The number of nitrogens with one attached hydrogen (secondary N) is 1. The van der Waals surface area contributed by atoms with Crippen molar-refractivity contribution in [2.24, 2.45) is 0 Å². The zero-order valence-electron chi connectivity index (χ0n) is 17.4. The van der Waals surface area contributed by atoms with E-state index in [1.165, 1.54) is 17.0 Å². The molecule has 0 bridgehead atoms. The zero-order chi connectivity index (χ0) is 21.4. The zero-order valence-corrected chi connectivity index (χ0v) is 17.4. The van der Waals surface area contributed by atoms with E-state index < -0.39 is 11.9 Å². The maximum Gasteiger partial charge on any atom is 0.261 e. The Labute approximate surface area is 171 Å². The van der Waals surface area contributed by atoms with Gasteiger partial charge in [0.05, 0.1) is 0 Å². The Balaban J connectivity index is 2.15. The van der Waals surface area contributed by atoms with Crippen LogP contribution in [0.5, 0.6) is 5.75 Å². The molecule has 6 heteroatoms. The van der Waals surface area contributed by atoms with Crippen molar-refractivity contribution in [2.75, 3.05) is 6.61 Å². The average Bonchev–Trinajstić information content (AvgIpc) is 2.71. The van der Waals surface area contributed by atoms with Crippen LogP contribution in [0.2, 0.25) is 0 Å². The van der Waals surface area contributed by atoms with Gasteiger partial charge in [0.1, 0.15) is 6.04 Å². The largest absolute Gasteiger partial charge is 0.481 e. The summed E-state index contributed by atoms with van der Waals surface area (Å²) in [7, 11) is 0. The Bertz CT molecular complexity index is 823. The van der Waals surface area contributed by atoms with Crippen molar-refractivity contribution in [2.45, 2.75) is 52.7 Å². The van der Waals surface area contributed by atoms with Gasteiger partial charge in [-0.05, 0) is 44.9 Å². The predicted octanol–water partition coefficient (Wildman–Crippen LogP) is 3.84. The van der Waals surface area contributed by atoms with E-state index in [1.807, 2.05) is 45.0 Å². The summed E-state index contributed by atoms with van der Waals surface area (Å²) in [4.78, 5) is 27.0. The number of carbonyl (C=O) groups is 2. The second-order valence-corrected chi connectivity index (χ2v) is 7.22.